The second-order valence-corrected chi connectivity index (χ2v) is 4.71. The smallest absolute Gasteiger partial charge is 0.203 e. The number of ether oxygens (including phenoxy) is 3. The van der Waals surface area contributed by atoms with Crippen LogP contribution in [0.15, 0.2) is 41.1 Å². The van der Waals surface area contributed by atoms with Crippen LogP contribution >= 0.6 is 15.9 Å². The molecule has 100 valence electrons. The SMILES string of the molecule is COc1cc(Br)cc(OC)c1OCc1cccnc1. The minimum atomic E-state index is 0.405. The van der Waals surface area contributed by atoms with E-state index in [2.05, 4.69) is 20.9 Å². The molecule has 0 amide bonds. The summed E-state index contributed by atoms with van der Waals surface area (Å²) in [6.45, 7) is 0.405. The Morgan fingerprint density at radius 2 is 1.84 bits per heavy atom. The lowest BCUT2D eigenvalue weighted by Crippen LogP contribution is -2.00. The molecule has 0 N–H and O–H groups in total. The summed E-state index contributed by atoms with van der Waals surface area (Å²) in [6.07, 6.45) is 3.49. The molecule has 2 rings (SSSR count). The minimum absolute atomic E-state index is 0.405. The van der Waals surface area contributed by atoms with Gasteiger partial charge in [0.15, 0.2) is 11.5 Å². The Balaban J connectivity index is 2.23. The van der Waals surface area contributed by atoms with Crippen molar-refractivity contribution in [3.05, 3.63) is 46.7 Å². The molecule has 1 aromatic heterocycles. The van der Waals surface area contributed by atoms with Gasteiger partial charge in [0.2, 0.25) is 5.75 Å². The van der Waals surface area contributed by atoms with E-state index in [1.165, 1.54) is 0 Å². The Labute approximate surface area is 120 Å². The Hall–Kier alpha value is -1.75. The molecule has 4 nitrogen and oxygen atoms in total. The van der Waals surface area contributed by atoms with Crippen LogP contribution in [0.3, 0.4) is 0 Å². The van der Waals surface area contributed by atoms with E-state index in [4.69, 9.17) is 14.2 Å². The normalized spacial score (nSPS) is 10.1. The summed E-state index contributed by atoms with van der Waals surface area (Å²) in [4.78, 5) is 4.05. The van der Waals surface area contributed by atoms with Crippen LogP contribution in [0, 0.1) is 0 Å². The molecule has 0 spiro atoms. The van der Waals surface area contributed by atoms with E-state index in [-0.39, 0.29) is 0 Å². The van der Waals surface area contributed by atoms with Gasteiger partial charge in [0.1, 0.15) is 6.61 Å². The van der Waals surface area contributed by atoms with Crippen LogP contribution in [0.4, 0.5) is 0 Å². The van der Waals surface area contributed by atoms with Crippen molar-refractivity contribution in [3.8, 4) is 17.2 Å². The second kappa shape index (κ2) is 6.43. The molecule has 0 saturated carbocycles. The van der Waals surface area contributed by atoms with Gasteiger partial charge in [-0.2, -0.15) is 0 Å². The Bertz CT molecular complexity index is 521. The quantitative estimate of drug-likeness (QED) is 0.845. The van der Waals surface area contributed by atoms with Gasteiger partial charge in [-0.05, 0) is 18.2 Å². The number of hydrogen-bond acceptors (Lipinski definition) is 4. The van der Waals surface area contributed by atoms with E-state index in [9.17, 15) is 0 Å². The summed E-state index contributed by atoms with van der Waals surface area (Å²) in [5.74, 6) is 1.82. The van der Waals surface area contributed by atoms with Gasteiger partial charge in [0.05, 0.1) is 14.2 Å². The van der Waals surface area contributed by atoms with Gasteiger partial charge in [-0.3, -0.25) is 4.98 Å². The maximum absolute atomic E-state index is 5.78. The van der Waals surface area contributed by atoms with Gasteiger partial charge in [0.25, 0.3) is 0 Å². The summed E-state index contributed by atoms with van der Waals surface area (Å²) in [6, 6.07) is 7.49. The fourth-order valence-corrected chi connectivity index (χ4v) is 2.05. The average Bonchev–Trinajstić information content (AvgIpc) is 2.46. The third kappa shape index (κ3) is 3.38. The topological polar surface area (TPSA) is 40.6 Å². The van der Waals surface area contributed by atoms with Crippen molar-refractivity contribution >= 4 is 15.9 Å². The van der Waals surface area contributed by atoms with Crippen LogP contribution in [0.2, 0.25) is 0 Å². The van der Waals surface area contributed by atoms with Gasteiger partial charge >= 0.3 is 0 Å². The first-order valence-corrected chi connectivity index (χ1v) is 6.47. The molecule has 1 heterocycles. The number of hydrogen-bond donors (Lipinski definition) is 0. The molecular formula is C14H14BrNO3. The second-order valence-electron chi connectivity index (χ2n) is 3.79. The van der Waals surface area contributed by atoms with E-state index in [1.54, 1.807) is 26.6 Å². The zero-order valence-electron chi connectivity index (χ0n) is 10.7. The van der Waals surface area contributed by atoms with Crippen LogP contribution in [0.1, 0.15) is 5.56 Å². The first-order chi connectivity index (χ1) is 9.24. The number of halogens is 1. The summed E-state index contributed by atoms with van der Waals surface area (Å²) in [5, 5.41) is 0. The predicted octanol–water partition coefficient (Wildman–Crippen LogP) is 3.44. The lowest BCUT2D eigenvalue weighted by molar-refractivity contribution is 0.265. The first-order valence-electron chi connectivity index (χ1n) is 5.68. The van der Waals surface area contributed by atoms with Gasteiger partial charge < -0.3 is 14.2 Å². The van der Waals surface area contributed by atoms with Crippen molar-refractivity contribution in [2.24, 2.45) is 0 Å². The zero-order chi connectivity index (χ0) is 13.7. The van der Waals surface area contributed by atoms with E-state index >= 15 is 0 Å². The van der Waals surface area contributed by atoms with E-state index in [1.807, 2.05) is 24.3 Å². The number of pyridine rings is 1. The summed E-state index contributed by atoms with van der Waals surface area (Å²) in [5.41, 5.74) is 0.981. The zero-order valence-corrected chi connectivity index (χ0v) is 12.3. The highest BCUT2D eigenvalue weighted by Crippen LogP contribution is 2.40. The average molecular weight is 324 g/mol. The largest absolute Gasteiger partial charge is 0.493 e. The van der Waals surface area contributed by atoms with Gasteiger partial charge in [-0.15, -0.1) is 0 Å². The number of methoxy groups -OCH3 is 2. The van der Waals surface area contributed by atoms with E-state index < -0.39 is 0 Å². The fourth-order valence-electron chi connectivity index (χ4n) is 1.63. The van der Waals surface area contributed by atoms with Crippen molar-refractivity contribution in [3.63, 3.8) is 0 Å². The van der Waals surface area contributed by atoms with Crippen molar-refractivity contribution in [2.75, 3.05) is 14.2 Å². The molecule has 0 atom stereocenters. The molecule has 0 aliphatic carbocycles. The van der Waals surface area contributed by atoms with Crippen LogP contribution in [0.25, 0.3) is 0 Å². The van der Waals surface area contributed by atoms with Gasteiger partial charge in [-0.1, -0.05) is 22.0 Å². The molecule has 5 heteroatoms. The third-order valence-electron chi connectivity index (χ3n) is 2.53. The molecule has 2 aromatic rings. The van der Waals surface area contributed by atoms with Crippen LogP contribution < -0.4 is 14.2 Å². The van der Waals surface area contributed by atoms with Crippen molar-refractivity contribution in [2.45, 2.75) is 6.61 Å². The molecule has 0 unspecified atom stereocenters. The van der Waals surface area contributed by atoms with Gasteiger partial charge in [-0.25, -0.2) is 0 Å². The fraction of sp³-hybridized carbons (Fsp3) is 0.214. The molecule has 0 aliphatic heterocycles. The van der Waals surface area contributed by atoms with Gasteiger partial charge in [0, 0.05) is 22.4 Å². The molecule has 1 aromatic carbocycles. The highest BCUT2D eigenvalue weighted by molar-refractivity contribution is 9.10. The first kappa shape index (κ1) is 13.7. The molecule has 0 saturated heterocycles. The minimum Gasteiger partial charge on any atom is -0.493 e. The standard InChI is InChI=1S/C14H14BrNO3/c1-17-12-6-11(15)7-13(18-2)14(12)19-9-10-4-3-5-16-8-10/h3-8H,9H2,1-2H3. The molecule has 0 bridgehead atoms. The van der Waals surface area contributed by atoms with E-state index in [0.717, 1.165) is 10.0 Å². The summed E-state index contributed by atoms with van der Waals surface area (Å²) < 4.78 is 17.3. The van der Waals surface area contributed by atoms with Crippen LogP contribution in [-0.4, -0.2) is 19.2 Å². The Kier molecular flexibility index (Phi) is 4.63. The Morgan fingerprint density at radius 1 is 1.16 bits per heavy atom. The summed E-state index contributed by atoms with van der Waals surface area (Å²) >= 11 is 3.40. The van der Waals surface area contributed by atoms with Crippen LogP contribution in [0.5, 0.6) is 17.2 Å². The lowest BCUT2D eigenvalue weighted by Gasteiger charge is -2.14. The number of benzene rings is 1. The highest BCUT2D eigenvalue weighted by atomic mass is 79.9. The molecule has 0 aliphatic rings. The third-order valence-corrected chi connectivity index (χ3v) is 2.99. The van der Waals surface area contributed by atoms with Crippen molar-refractivity contribution in [1.29, 1.82) is 0 Å². The summed E-state index contributed by atoms with van der Waals surface area (Å²) in [7, 11) is 3.19. The maximum Gasteiger partial charge on any atom is 0.203 e. The predicted molar refractivity (Wildman–Crippen MR) is 75.8 cm³/mol. The lowest BCUT2D eigenvalue weighted by atomic mass is 10.3. The number of nitrogens with zero attached hydrogens (tertiary/aromatic N) is 1. The van der Waals surface area contributed by atoms with Crippen LogP contribution in [-0.2, 0) is 6.61 Å². The van der Waals surface area contributed by atoms with Crippen molar-refractivity contribution < 1.29 is 14.2 Å². The number of aromatic nitrogens is 1. The molecule has 19 heavy (non-hydrogen) atoms. The Morgan fingerprint density at radius 3 is 2.37 bits per heavy atom. The highest BCUT2D eigenvalue weighted by Gasteiger charge is 2.13. The maximum atomic E-state index is 5.78. The van der Waals surface area contributed by atoms with E-state index in [0.29, 0.717) is 23.9 Å². The van der Waals surface area contributed by atoms with Crippen molar-refractivity contribution in [1.82, 2.24) is 4.98 Å². The molecular weight excluding hydrogens is 310 g/mol. The number of rotatable bonds is 5. The molecule has 0 radical (unpaired) electrons. The molecule has 0 fully saturated rings. The monoisotopic (exact) mass is 323 g/mol.